The monoisotopic (exact) mass is 264 g/mol. The Bertz CT molecular complexity index is 399. The Morgan fingerprint density at radius 1 is 1.41 bits per heavy atom. The lowest BCUT2D eigenvalue weighted by atomic mass is 10.1. The number of carboxylic acid groups (broad SMARTS) is 1. The van der Waals surface area contributed by atoms with Gasteiger partial charge in [0.1, 0.15) is 0 Å². The summed E-state index contributed by atoms with van der Waals surface area (Å²) in [6.45, 7) is 6.00. The van der Waals surface area contributed by atoms with Gasteiger partial charge in [-0.1, -0.05) is 5.57 Å². The van der Waals surface area contributed by atoms with Crippen LogP contribution in [-0.4, -0.2) is 44.4 Å². The van der Waals surface area contributed by atoms with Crippen LogP contribution in [0.25, 0.3) is 0 Å². The van der Waals surface area contributed by atoms with Gasteiger partial charge < -0.3 is 10.4 Å². The summed E-state index contributed by atoms with van der Waals surface area (Å²) in [4.78, 5) is 10.4. The van der Waals surface area contributed by atoms with Gasteiger partial charge in [0.25, 0.3) is 0 Å². The van der Waals surface area contributed by atoms with Crippen LogP contribution >= 0.6 is 0 Å². The van der Waals surface area contributed by atoms with E-state index in [1.807, 2.05) is 0 Å². The SMILES string of the molecule is CC(=CC(=O)O)CNCC(C)(C)NS(C)(=O)=O. The first-order chi connectivity index (χ1) is 7.52. The molecule has 0 aliphatic rings. The zero-order chi connectivity index (χ0) is 13.7. The van der Waals surface area contributed by atoms with E-state index in [-0.39, 0.29) is 0 Å². The molecule has 0 saturated heterocycles. The van der Waals surface area contributed by atoms with Crippen LogP contribution in [-0.2, 0) is 14.8 Å². The van der Waals surface area contributed by atoms with Gasteiger partial charge in [-0.15, -0.1) is 0 Å². The van der Waals surface area contributed by atoms with Crippen molar-refractivity contribution in [2.24, 2.45) is 0 Å². The molecule has 3 N–H and O–H groups in total. The van der Waals surface area contributed by atoms with Crippen molar-refractivity contribution in [3.8, 4) is 0 Å². The molecule has 0 saturated carbocycles. The van der Waals surface area contributed by atoms with E-state index in [0.29, 0.717) is 18.7 Å². The second-order valence-corrected chi connectivity index (χ2v) is 6.44. The Balaban J connectivity index is 4.16. The predicted octanol–water partition coefficient (Wildman–Crippen LogP) is -0.0653. The third-order valence-corrected chi connectivity index (χ3v) is 2.73. The van der Waals surface area contributed by atoms with E-state index in [2.05, 4.69) is 10.0 Å². The van der Waals surface area contributed by atoms with E-state index < -0.39 is 21.5 Å². The van der Waals surface area contributed by atoms with Gasteiger partial charge in [0, 0.05) is 24.7 Å². The van der Waals surface area contributed by atoms with E-state index in [1.54, 1.807) is 20.8 Å². The second-order valence-electron chi connectivity index (χ2n) is 4.69. The van der Waals surface area contributed by atoms with Crippen LogP contribution in [0, 0.1) is 0 Å². The third kappa shape index (κ3) is 9.98. The molecule has 0 aromatic carbocycles. The maximum absolute atomic E-state index is 11.1. The molecular weight excluding hydrogens is 244 g/mol. The summed E-state index contributed by atoms with van der Waals surface area (Å²) in [5.74, 6) is -0.988. The smallest absolute Gasteiger partial charge is 0.328 e. The van der Waals surface area contributed by atoms with Gasteiger partial charge in [-0.05, 0) is 20.8 Å². The molecule has 0 aromatic rings. The lowest BCUT2D eigenvalue weighted by molar-refractivity contribution is -0.131. The fourth-order valence-corrected chi connectivity index (χ4v) is 2.45. The average Bonchev–Trinajstić information content (AvgIpc) is 1.95. The number of sulfonamides is 1. The summed E-state index contributed by atoms with van der Waals surface area (Å²) in [7, 11) is -3.25. The van der Waals surface area contributed by atoms with Gasteiger partial charge in [0.2, 0.25) is 10.0 Å². The van der Waals surface area contributed by atoms with Gasteiger partial charge in [0.15, 0.2) is 0 Å². The first kappa shape index (κ1) is 16.1. The van der Waals surface area contributed by atoms with Crippen LogP contribution in [0.3, 0.4) is 0 Å². The van der Waals surface area contributed by atoms with E-state index in [0.717, 1.165) is 12.3 Å². The molecule has 0 aliphatic heterocycles. The molecule has 0 heterocycles. The quantitative estimate of drug-likeness (QED) is 0.560. The number of rotatable bonds is 7. The minimum atomic E-state index is -3.25. The maximum atomic E-state index is 11.1. The third-order valence-electron chi connectivity index (χ3n) is 1.80. The van der Waals surface area contributed by atoms with Crippen LogP contribution in [0.15, 0.2) is 11.6 Å². The Morgan fingerprint density at radius 3 is 2.35 bits per heavy atom. The molecule has 100 valence electrons. The van der Waals surface area contributed by atoms with Gasteiger partial charge in [-0.3, -0.25) is 0 Å². The molecule has 0 bridgehead atoms. The van der Waals surface area contributed by atoms with Gasteiger partial charge in [-0.25, -0.2) is 17.9 Å². The summed E-state index contributed by atoms with van der Waals surface area (Å²) in [6, 6.07) is 0. The molecule has 0 amide bonds. The molecule has 0 fully saturated rings. The van der Waals surface area contributed by atoms with Gasteiger partial charge >= 0.3 is 5.97 Å². The Hall–Kier alpha value is -0.920. The highest BCUT2D eigenvalue weighted by atomic mass is 32.2. The van der Waals surface area contributed by atoms with Crippen LogP contribution in [0.5, 0.6) is 0 Å². The van der Waals surface area contributed by atoms with Crippen molar-refractivity contribution in [2.45, 2.75) is 26.3 Å². The number of carbonyl (C=O) groups is 1. The van der Waals surface area contributed by atoms with Crippen LogP contribution in [0.2, 0.25) is 0 Å². The molecule has 0 unspecified atom stereocenters. The molecular formula is C10H20N2O4S. The number of aliphatic carboxylic acids is 1. The number of hydrogen-bond acceptors (Lipinski definition) is 4. The molecule has 0 atom stereocenters. The molecule has 0 aromatic heterocycles. The minimum Gasteiger partial charge on any atom is -0.478 e. The van der Waals surface area contributed by atoms with Crippen LogP contribution in [0.4, 0.5) is 0 Å². The number of carboxylic acids is 1. The molecule has 17 heavy (non-hydrogen) atoms. The van der Waals surface area contributed by atoms with Crippen molar-refractivity contribution in [1.82, 2.24) is 10.0 Å². The Labute approximate surface area is 102 Å². The molecule has 7 heteroatoms. The molecule has 0 spiro atoms. The average molecular weight is 264 g/mol. The van der Waals surface area contributed by atoms with Crippen LogP contribution < -0.4 is 10.0 Å². The maximum Gasteiger partial charge on any atom is 0.328 e. The molecule has 0 rings (SSSR count). The molecule has 6 nitrogen and oxygen atoms in total. The Kier molecular flexibility index (Phi) is 5.80. The summed E-state index contributed by atoms with van der Waals surface area (Å²) in [5.41, 5.74) is 0.0598. The highest BCUT2D eigenvalue weighted by Crippen LogP contribution is 2.02. The van der Waals surface area contributed by atoms with Crippen molar-refractivity contribution in [3.05, 3.63) is 11.6 Å². The lowest BCUT2D eigenvalue weighted by Gasteiger charge is -2.25. The van der Waals surface area contributed by atoms with Crippen molar-refractivity contribution in [1.29, 1.82) is 0 Å². The van der Waals surface area contributed by atoms with Gasteiger partial charge in [0.05, 0.1) is 6.26 Å². The predicted molar refractivity (Wildman–Crippen MR) is 66.3 cm³/mol. The summed E-state index contributed by atoms with van der Waals surface area (Å²) in [5, 5.41) is 11.5. The lowest BCUT2D eigenvalue weighted by Crippen LogP contribution is -2.50. The zero-order valence-electron chi connectivity index (χ0n) is 10.6. The first-order valence-electron chi connectivity index (χ1n) is 5.12. The topological polar surface area (TPSA) is 95.5 Å². The van der Waals surface area contributed by atoms with Crippen molar-refractivity contribution >= 4 is 16.0 Å². The van der Waals surface area contributed by atoms with Gasteiger partial charge in [-0.2, -0.15) is 0 Å². The summed E-state index contributed by atoms with van der Waals surface area (Å²) in [6.07, 6.45) is 2.22. The minimum absolute atomic E-state index is 0.404. The number of hydrogen-bond donors (Lipinski definition) is 3. The fourth-order valence-electron chi connectivity index (χ4n) is 1.37. The van der Waals surface area contributed by atoms with Crippen molar-refractivity contribution < 1.29 is 18.3 Å². The summed E-state index contributed by atoms with van der Waals surface area (Å²) >= 11 is 0. The zero-order valence-corrected chi connectivity index (χ0v) is 11.4. The highest BCUT2D eigenvalue weighted by Gasteiger charge is 2.21. The molecule has 0 aliphatic carbocycles. The fraction of sp³-hybridized carbons (Fsp3) is 0.700. The number of nitrogens with one attached hydrogen (secondary N) is 2. The highest BCUT2D eigenvalue weighted by molar-refractivity contribution is 7.88. The normalized spacial score (nSPS) is 13.8. The van der Waals surface area contributed by atoms with E-state index >= 15 is 0 Å². The van der Waals surface area contributed by atoms with Crippen molar-refractivity contribution in [2.75, 3.05) is 19.3 Å². The standard InChI is InChI=1S/C10H20N2O4S/c1-8(5-9(13)14)6-11-7-10(2,3)12-17(4,15)16/h5,11-12H,6-7H2,1-4H3,(H,13,14). The van der Waals surface area contributed by atoms with E-state index in [1.165, 1.54) is 0 Å². The Morgan fingerprint density at radius 2 is 1.94 bits per heavy atom. The van der Waals surface area contributed by atoms with E-state index in [4.69, 9.17) is 5.11 Å². The van der Waals surface area contributed by atoms with Crippen LogP contribution in [0.1, 0.15) is 20.8 Å². The molecule has 0 radical (unpaired) electrons. The van der Waals surface area contributed by atoms with Crippen molar-refractivity contribution in [3.63, 3.8) is 0 Å². The van der Waals surface area contributed by atoms with E-state index in [9.17, 15) is 13.2 Å². The second kappa shape index (κ2) is 6.13. The summed E-state index contributed by atoms with van der Waals surface area (Å²) < 4.78 is 24.6. The largest absolute Gasteiger partial charge is 0.478 e. The first-order valence-corrected chi connectivity index (χ1v) is 7.01.